The molecule has 0 saturated carbocycles. The van der Waals surface area contributed by atoms with Gasteiger partial charge in [-0.25, -0.2) is 19.9 Å². The van der Waals surface area contributed by atoms with Crippen molar-refractivity contribution in [2.45, 2.75) is 67.9 Å². The second kappa shape index (κ2) is 26.2. The van der Waals surface area contributed by atoms with Crippen LogP contribution in [-0.4, -0.2) is 24.5 Å². The van der Waals surface area contributed by atoms with Gasteiger partial charge in [0.05, 0.1) is 53.7 Å². The minimum Gasteiger partial charge on any atom is -0.278 e. The van der Waals surface area contributed by atoms with Crippen LogP contribution in [0.3, 0.4) is 0 Å². The molecule has 4 aliphatic carbocycles. The van der Waals surface area contributed by atoms with E-state index in [4.69, 9.17) is 19.9 Å². The Morgan fingerprint density at radius 3 is 1.46 bits per heavy atom. The molecule has 0 fully saturated rings. The number of thiophene rings is 2. The highest BCUT2D eigenvalue weighted by molar-refractivity contribution is 8.00. The second-order valence-corrected chi connectivity index (χ2v) is 39.8. The number of aryl methyl sites for hydroxylation is 1. The fourth-order valence-corrected chi connectivity index (χ4v) is 29.3. The summed E-state index contributed by atoms with van der Waals surface area (Å²) in [6, 6.07) is 140. The van der Waals surface area contributed by atoms with Gasteiger partial charge in [-0.2, -0.15) is 0 Å². The molecular weight excluding hydrogens is 1620 g/mol. The van der Waals surface area contributed by atoms with Gasteiger partial charge in [-0.3, -0.25) is 4.57 Å². The van der Waals surface area contributed by atoms with Crippen molar-refractivity contribution in [1.82, 2.24) is 24.5 Å². The van der Waals surface area contributed by atoms with Crippen molar-refractivity contribution in [2.75, 3.05) is 0 Å². The number of hydrogen-bond acceptors (Lipinski definition) is 8. The van der Waals surface area contributed by atoms with E-state index in [9.17, 15) is 0 Å². The smallest absolute Gasteiger partial charge is 0.235 e. The molecule has 18 aromatic carbocycles. The lowest BCUT2D eigenvalue weighted by Gasteiger charge is -2.40. The maximum absolute atomic E-state index is 6.03. The number of benzene rings is 18. The van der Waals surface area contributed by atoms with E-state index in [1.54, 1.807) is 0 Å². The molecule has 23 aromatic rings. The van der Waals surface area contributed by atoms with Gasteiger partial charge < -0.3 is 0 Å². The number of hydrogen-bond donors (Lipinski definition) is 0. The molecule has 0 N–H and O–H groups in total. The highest BCUT2D eigenvalue weighted by Crippen LogP contribution is 2.68. The van der Waals surface area contributed by atoms with E-state index in [-0.39, 0.29) is 5.92 Å². The standard InChI is InChI=1S/C118H71N5S4/c1-116(88-39-15-8-31-76(88)81-54-52-68(64-97(81)116)107-113-109(85-38-14-23-47-100(85)124-113)120-104(119-107)61-56-74-72-29-6-7-36-82(72)105-83(74)55-57-95-111(105)126-102-48-24-20-44-93(102)117(95)89-40-16-9-32-77(89)78-33-10-17-41-90(78)117)65-66-50-60-101-87(62-66)110-114(125-101)108(67-51-53-75-71-28-3-2-26-69(71)70-27-4-5-30-73(70)86(75)63-67)121-115(122-110)123-98-46-22-13-37-84(98)106-99(123)59-58-96-112(106)127-103-49-25-21-45-94(103)118(96)91-42-18-11-34-79(91)80-35-12-19-43-92(80)118/h2-55,57-60,62-64,74H,56,61,65H2,1H3. The van der Waals surface area contributed by atoms with Crippen LogP contribution in [0, 0.1) is 0 Å². The van der Waals surface area contributed by atoms with E-state index >= 15 is 0 Å². The average Bonchev–Trinajstić information content (AvgIpc) is 1.53. The first kappa shape index (κ1) is 71.2. The second-order valence-electron chi connectivity index (χ2n) is 35.6. The van der Waals surface area contributed by atoms with Crippen LogP contribution in [0.25, 0.3) is 168 Å². The van der Waals surface area contributed by atoms with Gasteiger partial charge in [0.2, 0.25) is 5.95 Å². The molecule has 6 aliphatic rings. The molecule has 29 rings (SSSR count). The molecule has 7 heterocycles. The quantitative estimate of drug-likeness (QED) is 0.141. The van der Waals surface area contributed by atoms with Crippen LogP contribution in [0.4, 0.5) is 0 Å². The third-order valence-corrected chi connectivity index (χ3v) is 34.2. The summed E-state index contributed by atoms with van der Waals surface area (Å²) in [5.41, 5.74) is 34.5. The minimum absolute atomic E-state index is 0.137. The van der Waals surface area contributed by atoms with Crippen LogP contribution in [0.2, 0.25) is 0 Å². The Morgan fingerprint density at radius 1 is 0.315 bits per heavy atom. The molecule has 2 aliphatic heterocycles. The lowest BCUT2D eigenvalue weighted by molar-refractivity contribution is 0.583. The van der Waals surface area contributed by atoms with Crippen molar-refractivity contribution in [3.8, 4) is 73.0 Å². The first-order valence-electron chi connectivity index (χ1n) is 44.1. The van der Waals surface area contributed by atoms with Crippen LogP contribution in [0.5, 0.6) is 0 Å². The van der Waals surface area contributed by atoms with Gasteiger partial charge in [0, 0.05) is 85.0 Å². The number of nitrogens with zero attached hydrogens (tertiary/aromatic N) is 5. The molecule has 0 amide bonds. The zero-order chi connectivity index (χ0) is 82.9. The highest BCUT2D eigenvalue weighted by atomic mass is 32.2. The summed E-state index contributed by atoms with van der Waals surface area (Å²) in [7, 11) is 0. The molecule has 5 aromatic heterocycles. The van der Waals surface area contributed by atoms with Crippen LogP contribution in [0.1, 0.15) is 97.4 Å². The number of fused-ring (bicyclic) bond motifs is 41. The molecule has 0 radical (unpaired) electrons. The van der Waals surface area contributed by atoms with E-state index in [1.165, 1.54) is 194 Å². The number of para-hydroxylation sites is 1. The molecule has 5 nitrogen and oxygen atoms in total. The predicted octanol–water partition coefficient (Wildman–Crippen LogP) is 30.8. The fourth-order valence-electron chi connectivity index (χ4n) is 24.3. The Hall–Kier alpha value is -14.2. The van der Waals surface area contributed by atoms with Gasteiger partial charge in [0.1, 0.15) is 5.82 Å². The summed E-state index contributed by atoms with van der Waals surface area (Å²) in [6.07, 6.45) is 2.29. The molecule has 9 heteroatoms. The SMILES string of the molecule is CC1(Cc2ccc3sc4c(-c5ccc6c7ccccc7c7ccccc7c6c5)nc(-n5c6ccccc6c6c7c(ccc65)C5(c6ccccc6S7)c6ccccc6-c6ccccc65)nc4c3c2)c2ccccc2-c2ccc(-c3nc(CCC4c5ccccc5-c5c4ccc4c5Sc5ccccc5C45c4ccccc4-c4ccccc45)nc4c3sc3ccccc34)cc21. The van der Waals surface area contributed by atoms with Gasteiger partial charge in [-0.05, 0) is 211 Å². The van der Waals surface area contributed by atoms with Gasteiger partial charge in [-0.1, -0.05) is 346 Å². The Morgan fingerprint density at radius 2 is 0.795 bits per heavy atom. The Balaban J connectivity index is 0.576. The summed E-state index contributed by atoms with van der Waals surface area (Å²) in [5.74, 6) is 1.65. The van der Waals surface area contributed by atoms with Crippen molar-refractivity contribution in [2.24, 2.45) is 0 Å². The third-order valence-electron chi connectivity index (χ3n) is 29.4. The minimum atomic E-state index is -0.544. The van der Waals surface area contributed by atoms with Crippen molar-refractivity contribution in [3.63, 3.8) is 0 Å². The van der Waals surface area contributed by atoms with E-state index in [0.29, 0.717) is 12.4 Å². The first-order chi connectivity index (χ1) is 62.8. The van der Waals surface area contributed by atoms with Gasteiger partial charge in [0.25, 0.3) is 0 Å². The van der Waals surface area contributed by atoms with Gasteiger partial charge in [-0.15, -0.1) is 22.7 Å². The van der Waals surface area contributed by atoms with E-state index in [0.717, 1.165) is 78.0 Å². The van der Waals surface area contributed by atoms with Crippen molar-refractivity contribution < 1.29 is 0 Å². The topological polar surface area (TPSA) is 56.5 Å². The van der Waals surface area contributed by atoms with Crippen LogP contribution in [0.15, 0.2) is 390 Å². The molecule has 2 atom stereocenters. The summed E-state index contributed by atoms with van der Waals surface area (Å²) in [5, 5.41) is 12.1. The Kier molecular flexibility index (Phi) is 14.7. The van der Waals surface area contributed by atoms with Crippen LogP contribution >= 0.6 is 46.2 Å². The highest BCUT2D eigenvalue weighted by Gasteiger charge is 2.54. The summed E-state index contributed by atoms with van der Waals surface area (Å²) >= 11 is 7.49. The first-order valence-corrected chi connectivity index (χ1v) is 47.4. The van der Waals surface area contributed by atoms with E-state index in [1.807, 2.05) is 46.2 Å². The number of rotatable bonds is 8. The van der Waals surface area contributed by atoms with Gasteiger partial charge in [0.15, 0.2) is 0 Å². The molecule has 2 unspecified atom stereocenters. The lowest BCUT2D eigenvalue weighted by Crippen LogP contribution is -2.32. The van der Waals surface area contributed by atoms with Crippen molar-refractivity contribution in [3.05, 3.63) is 448 Å². The molecule has 2 spiro atoms. The molecule has 0 saturated heterocycles. The monoisotopic (exact) mass is 1690 g/mol. The lowest BCUT2D eigenvalue weighted by atomic mass is 9.67. The Labute approximate surface area is 748 Å². The predicted molar refractivity (Wildman–Crippen MR) is 528 cm³/mol. The molecule has 127 heavy (non-hydrogen) atoms. The summed E-state index contributed by atoms with van der Waals surface area (Å²) < 4.78 is 6.95. The van der Waals surface area contributed by atoms with Crippen molar-refractivity contribution in [1.29, 1.82) is 0 Å². The summed E-state index contributed by atoms with van der Waals surface area (Å²) in [4.78, 5) is 28.8. The third kappa shape index (κ3) is 9.50. The van der Waals surface area contributed by atoms with Gasteiger partial charge >= 0.3 is 0 Å². The van der Waals surface area contributed by atoms with Crippen molar-refractivity contribution >= 4 is 141 Å². The van der Waals surface area contributed by atoms with E-state index in [2.05, 4.69) is 382 Å². The molecular formula is C118H71N5S4. The largest absolute Gasteiger partial charge is 0.278 e. The fraction of sp³-hybridized carbons (Fsp3) is 0.0678. The maximum Gasteiger partial charge on any atom is 0.235 e. The maximum atomic E-state index is 6.03. The Bertz CT molecular complexity index is 8780. The van der Waals surface area contributed by atoms with Crippen LogP contribution < -0.4 is 0 Å². The van der Waals surface area contributed by atoms with Crippen LogP contribution in [-0.2, 0) is 29.1 Å². The average molecular weight is 1690 g/mol. The molecule has 592 valence electrons. The molecule has 0 bridgehead atoms. The summed E-state index contributed by atoms with van der Waals surface area (Å²) in [6.45, 7) is 2.49. The zero-order valence-corrected chi connectivity index (χ0v) is 72.1. The normalized spacial score (nSPS) is 15.9. The zero-order valence-electron chi connectivity index (χ0n) is 68.8. The number of aromatic nitrogens is 5. The van der Waals surface area contributed by atoms with E-state index < -0.39 is 16.2 Å².